The molecule has 0 saturated carbocycles. The van der Waals surface area contributed by atoms with Gasteiger partial charge in [0.25, 0.3) is 0 Å². The zero-order valence-electron chi connectivity index (χ0n) is 23.1. The number of aryl methyl sites for hydroxylation is 2. The van der Waals surface area contributed by atoms with Crippen molar-refractivity contribution in [1.29, 1.82) is 0 Å². The van der Waals surface area contributed by atoms with E-state index in [0.29, 0.717) is 32.6 Å². The zero-order chi connectivity index (χ0) is 27.6. The number of carbonyl (C=O) groups excluding carboxylic acids is 2. The summed E-state index contributed by atoms with van der Waals surface area (Å²) in [5.74, 6) is -0.0480. The molecule has 5 nitrogen and oxygen atoms in total. The number of alkyl halides is 2. The van der Waals surface area contributed by atoms with Crippen LogP contribution in [0.15, 0.2) is 18.2 Å². The van der Waals surface area contributed by atoms with Crippen LogP contribution in [0.4, 0.5) is 5.69 Å². The van der Waals surface area contributed by atoms with Crippen LogP contribution in [0, 0.1) is 0 Å². The van der Waals surface area contributed by atoms with E-state index < -0.39 is 22.3 Å². The summed E-state index contributed by atoms with van der Waals surface area (Å²) in [7, 11) is 0. The van der Waals surface area contributed by atoms with Crippen LogP contribution in [0.2, 0.25) is 0 Å². The van der Waals surface area contributed by atoms with Gasteiger partial charge >= 0.3 is 0 Å². The molecular formula is C29H46Cl3NO4. The van der Waals surface area contributed by atoms with Crippen molar-refractivity contribution in [2.24, 2.45) is 0 Å². The molecule has 212 valence electrons. The summed E-state index contributed by atoms with van der Waals surface area (Å²) < 4.78 is 11.7. The number of unbranched alkanes of at least 4 members (excludes halogenated alkanes) is 2. The monoisotopic (exact) mass is 577 g/mol. The van der Waals surface area contributed by atoms with Gasteiger partial charge in [0.2, 0.25) is 11.1 Å². The predicted octanol–water partition coefficient (Wildman–Crippen LogP) is 8.03. The van der Waals surface area contributed by atoms with Crippen LogP contribution < -0.4 is 4.90 Å². The van der Waals surface area contributed by atoms with E-state index >= 15 is 0 Å². The molecule has 1 fully saturated rings. The Balaban J connectivity index is 0.000000649. The van der Waals surface area contributed by atoms with E-state index in [0.717, 1.165) is 63.5 Å². The molecule has 2 atom stereocenters. The van der Waals surface area contributed by atoms with Gasteiger partial charge in [-0.3, -0.25) is 9.59 Å². The standard InChI is InChI=1S/C23H36ClNO3.C6H10Cl2O/c1-4-7-11-20(24)23(26)25(17-22-27-14-8-9-15-28-22)21-13-12-18(6-3)16-19(21)10-5-2;1-2-3-4-5(7)6(8)9/h12-13,16,20,22H,4-11,14-15,17H2,1-3H3;5H,2-4H2,1H3. The highest BCUT2D eigenvalue weighted by atomic mass is 35.5. The van der Waals surface area contributed by atoms with Crippen molar-refractivity contribution in [3.05, 3.63) is 29.3 Å². The molecule has 1 saturated heterocycles. The minimum absolute atomic E-state index is 0.0480. The molecule has 2 rings (SSSR count). The lowest BCUT2D eigenvalue weighted by Crippen LogP contribution is -2.43. The topological polar surface area (TPSA) is 55.8 Å². The molecule has 0 aliphatic carbocycles. The average Bonchev–Trinajstić information content (AvgIpc) is 3.18. The summed E-state index contributed by atoms with van der Waals surface area (Å²) in [5, 5.41) is -1.44. The molecule has 1 amide bonds. The fourth-order valence-electron chi connectivity index (χ4n) is 4.01. The number of carbonyl (C=O) groups is 2. The highest BCUT2D eigenvalue weighted by Gasteiger charge is 2.28. The third-order valence-electron chi connectivity index (χ3n) is 6.24. The first-order chi connectivity index (χ1) is 17.8. The average molecular weight is 579 g/mol. The first-order valence-electron chi connectivity index (χ1n) is 13.9. The molecule has 0 spiro atoms. The van der Waals surface area contributed by atoms with Gasteiger partial charge in [0.15, 0.2) is 6.29 Å². The lowest BCUT2D eigenvalue weighted by Gasteiger charge is -2.30. The molecule has 8 heteroatoms. The van der Waals surface area contributed by atoms with Crippen molar-refractivity contribution in [3.8, 4) is 0 Å². The van der Waals surface area contributed by atoms with E-state index in [1.54, 1.807) is 0 Å². The minimum atomic E-state index is -0.522. The number of benzene rings is 1. The van der Waals surface area contributed by atoms with Gasteiger partial charge in [-0.25, -0.2) is 0 Å². The first kappa shape index (κ1) is 34.2. The van der Waals surface area contributed by atoms with Crippen LogP contribution in [0.1, 0.15) is 96.6 Å². The fourth-order valence-corrected chi connectivity index (χ4v) is 4.54. The molecule has 0 N–H and O–H groups in total. The number of rotatable bonds is 14. The third-order valence-corrected chi connectivity index (χ3v) is 7.44. The van der Waals surface area contributed by atoms with E-state index in [9.17, 15) is 9.59 Å². The van der Waals surface area contributed by atoms with Gasteiger partial charge in [-0.15, -0.1) is 23.2 Å². The van der Waals surface area contributed by atoms with Crippen molar-refractivity contribution < 1.29 is 19.1 Å². The number of nitrogens with zero attached hydrogens (tertiary/aromatic N) is 1. The number of hydrogen-bond donors (Lipinski definition) is 0. The Kier molecular flexibility index (Phi) is 18.6. The number of hydrogen-bond acceptors (Lipinski definition) is 4. The van der Waals surface area contributed by atoms with Crippen molar-refractivity contribution >= 4 is 51.6 Å². The SMILES string of the molecule is CCCCC(Cl)C(=O)Cl.CCCCC(Cl)C(=O)N(CC1OCCCCO1)c1ccc(CC)cc1CCC. The lowest BCUT2D eigenvalue weighted by atomic mass is 10.0. The second-order valence-corrected chi connectivity index (χ2v) is 10.8. The second kappa shape index (κ2) is 20.1. The van der Waals surface area contributed by atoms with Crippen LogP contribution in [0.3, 0.4) is 0 Å². The van der Waals surface area contributed by atoms with Gasteiger partial charge in [0, 0.05) is 18.9 Å². The Morgan fingerprint density at radius 1 is 0.946 bits per heavy atom. The highest BCUT2D eigenvalue weighted by molar-refractivity contribution is 6.69. The molecule has 0 bridgehead atoms. The molecule has 1 aromatic carbocycles. The van der Waals surface area contributed by atoms with E-state index in [-0.39, 0.29) is 5.91 Å². The van der Waals surface area contributed by atoms with Gasteiger partial charge in [-0.1, -0.05) is 71.9 Å². The molecule has 1 aromatic rings. The van der Waals surface area contributed by atoms with E-state index in [4.69, 9.17) is 44.3 Å². The Bertz CT molecular complexity index is 784. The fraction of sp³-hybridized carbons (Fsp3) is 0.724. The zero-order valence-corrected chi connectivity index (χ0v) is 25.3. The smallest absolute Gasteiger partial charge is 0.245 e. The molecular weight excluding hydrogens is 533 g/mol. The van der Waals surface area contributed by atoms with Crippen molar-refractivity contribution in [2.45, 2.75) is 115 Å². The van der Waals surface area contributed by atoms with Gasteiger partial charge in [0.1, 0.15) is 10.8 Å². The number of halogens is 3. The third kappa shape index (κ3) is 13.2. The molecule has 0 aromatic heterocycles. The minimum Gasteiger partial charge on any atom is -0.351 e. The van der Waals surface area contributed by atoms with Crippen molar-refractivity contribution in [3.63, 3.8) is 0 Å². The van der Waals surface area contributed by atoms with Crippen molar-refractivity contribution in [1.82, 2.24) is 0 Å². The van der Waals surface area contributed by atoms with Crippen LogP contribution in [-0.2, 0) is 31.9 Å². The van der Waals surface area contributed by atoms with Crippen LogP contribution >= 0.6 is 34.8 Å². The highest BCUT2D eigenvalue weighted by Crippen LogP contribution is 2.27. The van der Waals surface area contributed by atoms with E-state index in [2.05, 4.69) is 39.0 Å². The van der Waals surface area contributed by atoms with Gasteiger partial charge in [0.05, 0.1) is 6.54 Å². The Morgan fingerprint density at radius 2 is 1.54 bits per heavy atom. The molecule has 37 heavy (non-hydrogen) atoms. The predicted molar refractivity (Wildman–Crippen MR) is 156 cm³/mol. The van der Waals surface area contributed by atoms with Crippen molar-refractivity contribution in [2.75, 3.05) is 24.7 Å². The Morgan fingerprint density at radius 3 is 2.05 bits per heavy atom. The summed E-state index contributed by atoms with van der Waals surface area (Å²) in [4.78, 5) is 25.4. The van der Waals surface area contributed by atoms with Crippen LogP contribution in [0.25, 0.3) is 0 Å². The number of amides is 1. The Labute approximate surface area is 239 Å². The van der Waals surface area contributed by atoms with Gasteiger partial charge in [-0.05, 0) is 67.3 Å². The van der Waals surface area contributed by atoms with Gasteiger partial charge in [-0.2, -0.15) is 0 Å². The maximum atomic E-state index is 13.3. The molecule has 1 heterocycles. The number of anilines is 1. The summed E-state index contributed by atoms with van der Waals surface area (Å²) in [6.07, 6.45) is 9.89. The summed E-state index contributed by atoms with van der Waals surface area (Å²) in [6, 6.07) is 6.41. The van der Waals surface area contributed by atoms with Crippen LogP contribution in [0.5, 0.6) is 0 Å². The maximum absolute atomic E-state index is 13.3. The lowest BCUT2D eigenvalue weighted by molar-refractivity contribution is -0.129. The normalized spacial score (nSPS) is 15.8. The van der Waals surface area contributed by atoms with E-state index in [1.165, 1.54) is 11.1 Å². The summed E-state index contributed by atoms with van der Waals surface area (Å²) >= 11 is 17.1. The molecule has 1 aliphatic heterocycles. The maximum Gasteiger partial charge on any atom is 0.245 e. The molecule has 2 unspecified atom stereocenters. The Hall–Kier alpha value is -0.850. The second-order valence-electron chi connectivity index (χ2n) is 9.42. The summed E-state index contributed by atoms with van der Waals surface area (Å²) in [5.41, 5.74) is 3.43. The van der Waals surface area contributed by atoms with Crippen LogP contribution in [-0.4, -0.2) is 48.0 Å². The molecule has 1 aliphatic rings. The van der Waals surface area contributed by atoms with E-state index in [1.807, 2.05) is 11.8 Å². The first-order valence-corrected chi connectivity index (χ1v) is 15.2. The summed E-state index contributed by atoms with van der Waals surface area (Å²) in [6.45, 7) is 10.2. The molecule has 0 radical (unpaired) electrons. The quantitative estimate of drug-likeness (QED) is 0.166. The van der Waals surface area contributed by atoms with Gasteiger partial charge < -0.3 is 14.4 Å². The largest absolute Gasteiger partial charge is 0.351 e. The number of ether oxygens (including phenoxy) is 2.